The lowest BCUT2D eigenvalue weighted by atomic mass is 10.2. The number of anilines is 1. The third-order valence-corrected chi connectivity index (χ3v) is 2.70. The second-order valence-electron chi connectivity index (χ2n) is 7.33. The monoisotopic (exact) mass is 351 g/mol. The predicted molar refractivity (Wildman–Crippen MR) is 92.7 cm³/mol. The second kappa shape index (κ2) is 7.55. The summed E-state index contributed by atoms with van der Waals surface area (Å²) >= 11 is 0. The molecule has 0 heterocycles. The van der Waals surface area contributed by atoms with E-state index in [0.29, 0.717) is 5.56 Å². The Balaban J connectivity index is 3.19. The third kappa shape index (κ3) is 6.45. The number of benzene rings is 1. The first kappa shape index (κ1) is 20.5. The SMILES string of the molecule is COC(=O)c1ccc(N(C(=O)OC(C)(C)C)C(=O)OC(C)(C)C)cc1. The summed E-state index contributed by atoms with van der Waals surface area (Å²) in [6, 6.07) is 5.78. The van der Waals surface area contributed by atoms with Gasteiger partial charge in [0, 0.05) is 0 Å². The van der Waals surface area contributed by atoms with Crippen LogP contribution in [0.4, 0.5) is 15.3 Å². The van der Waals surface area contributed by atoms with Crippen LogP contribution in [0.25, 0.3) is 0 Å². The molecule has 0 fully saturated rings. The maximum Gasteiger partial charge on any atom is 0.424 e. The number of imide groups is 1. The summed E-state index contributed by atoms with van der Waals surface area (Å²) in [6.45, 7) is 10.2. The van der Waals surface area contributed by atoms with E-state index in [-0.39, 0.29) is 5.69 Å². The van der Waals surface area contributed by atoms with Crippen molar-refractivity contribution in [2.75, 3.05) is 12.0 Å². The van der Waals surface area contributed by atoms with Gasteiger partial charge in [0.2, 0.25) is 0 Å². The van der Waals surface area contributed by atoms with E-state index in [1.54, 1.807) is 41.5 Å². The molecular formula is C18H25NO6. The fourth-order valence-corrected chi connectivity index (χ4v) is 1.76. The molecule has 1 aromatic rings. The van der Waals surface area contributed by atoms with E-state index in [0.717, 1.165) is 4.90 Å². The molecule has 0 unspecified atom stereocenters. The van der Waals surface area contributed by atoms with Crippen LogP contribution in [0.5, 0.6) is 0 Å². The fourth-order valence-electron chi connectivity index (χ4n) is 1.76. The van der Waals surface area contributed by atoms with Crippen molar-refractivity contribution in [3.05, 3.63) is 29.8 Å². The van der Waals surface area contributed by atoms with Gasteiger partial charge in [0.25, 0.3) is 0 Å². The van der Waals surface area contributed by atoms with E-state index in [1.165, 1.54) is 31.4 Å². The minimum atomic E-state index is -0.868. The molecule has 2 amide bonds. The second-order valence-corrected chi connectivity index (χ2v) is 7.33. The Kier molecular flexibility index (Phi) is 6.18. The highest BCUT2D eigenvalue weighted by Gasteiger charge is 2.32. The minimum Gasteiger partial charge on any atom is -0.465 e. The summed E-state index contributed by atoms with van der Waals surface area (Å²) in [5.41, 5.74) is -1.07. The van der Waals surface area contributed by atoms with Crippen LogP contribution in [0, 0.1) is 0 Å². The molecule has 0 bridgehead atoms. The highest BCUT2D eigenvalue weighted by Crippen LogP contribution is 2.22. The zero-order valence-electron chi connectivity index (χ0n) is 15.7. The van der Waals surface area contributed by atoms with Gasteiger partial charge in [-0.3, -0.25) is 0 Å². The van der Waals surface area contributed by atoms with Crippen LogP contribution in [-0.4, -0.2) is 36.5 Å². The molecule has 0 N–H and O–H groups in total. The zero-order chi connectivity index (χ0) is 19.4. The van der Waals surface area contributed by atoms with Gasteiger partial charge in [0.15, 0.2) is 0 Å². The summed E-state index contributed by atoms with van der Waals surface area (Å²) in [5, 5.41) is 0. The van der Waals surface area contributed by atoms with E-state index >= 15 is 0 Å². The zero-order valence-corrected chi connectivity index (χ0v) is 15.7. The molecule has 7 heteroatoms. The highest BCUT2D eigenvalue weighted by atomic mass is 16.6. The fraction of sp³-hybridized carbons (Fsp3) is 0.500. The first-order valence-electron chi connectivity index (χ1n) is 7.78. The van der Waals surface area contributed by atoms with Crippen molar-refractivity contribution in [3.63, 3.8) is 0 Å². The van der Waals surface area contributed by atoms with Gasteiger partial charge in [0.05, 0.1) is 18.4 Å². The van der Waals surface area contributed by atoms with E-state index in [2.05, 4.69) is 4.74 Å². The molecule has 0 spiro atoms. The largest absolute Gasteiger partial charge is 0.465 e. The average molecular weight is 351 g/mol. The van der Waals surface area contributed by atoms with Crippen LogP contribution in [0.3, 0.4) is 0 Å². The van der Waals surface area contributed by atoms with Gasteiger partial charge in [-0.05, 0) is 65.8 Å². The first-order chi connectivity index (χ1) is 11.3. The van der Waals surface area contributed by atoms with Gasteiger partial charge in [-0.15, -0.1) is 0 Å². The van der Waals surface area contributed by atoms with E-state index in [1.807, 2.05) is 0 Å². The minimum absolute atomic E-state index is 0.219. The quantitative estimate of drug-likeness (QED) is 0.588. The normalized spacial score (nSPS) is 11.5. The van der Waals surface area contributed by atoms with Gasteiger partial charge in [-0.2, -0.15) is 4.90 Å². The standard InChI is InChI=1S/C18H25NO6/c1-17(2,3)24-15(21)19(16(22)25-18(4,5)6)13-10-8-12(9-11-13)14(20)23-7/h8-11H,1-7H3. The Labute approximate surface area is 147 Å². The van der Waals surface area contributed by atoms with Crippen LogP contribution in [0.2, 0.25) is 0 Å². The number of carbonyl (C=O) groups excluding carboxylic acids is 3. The average Bonchev–Trinajstić information content (AvgIpc) is 2.43. The van der Waals surface area contributed by atoms with Crippen molar-refractivity contribution in [2.24, 2.45) is 0 Å². The number of carbonyl (C=O) groups is 3. The number of ether oxygens (including phenoxy) is 3. The number of methoxy groups -OCH3 is 1. The van der Waals surface area contributed by atoms with Gasteiger partial charge in [-0.1, -0.05) is 0 Å². The number of esters is 1. The van der Waals surface area contributed by atoms with Crippen molar-refractivity contribution < 1.29 is 28.6 Å². The number of rotatable bonds is 2. The molecule has 0 saturated carbocycles. The lowest BCUT2D eigenvalue weighted by molar-refractivity contribution is 0.0430. The van der Waals surface area contributed by atoms with Crippen molar-refractivity contribution in [1.82, 2.24) is 0 Å². The maximum absolute atomic E-state index is 12.5. The van der Waals surface area contributed by atoms with Gasteiger partial charge in [-0.25, -0.2) is 14.4 Å². The van der Waals surface area contributed by atoms with Crippen LogP contribution in [0.15, 0.2) is 24.3 Å². The van der Waals surface area contributed by atoms with Crippen molar-refractivity contribution >= 4 is 23.8 Å². The van der Waals surface area contributed by atoms with E-state index in [9.17, 15) is 14.4 Å². The molecule has 0 aromatic heterocycles. The molecule has 0 aliphatic heterocycles. The third-order valence-electron chi connectivity index (χ3n) is 2.70. The van der Waals surface area contributed by atoms with Gasteiger partial charge < -0.3 is 14.2 Å². The molecule has 138 valence electrons. The Morgan fingerprint density at radius 3 is 1.52 bits per heavy atom. The van der Waals surface area contributed by atoms with Gasteiger partial charge in [0.1, 0.15) is 11.2 Å². The number of amides is 2. The van der Waals surface area contributed by atoms with Crippen molar-refractivity contribution in [2.45, 2.75) is 52.7 Å². The van der Waals surface area contributed by atoms with Crippen LogP contribution in [0.1, 0.15) is 51.9 Å². The molecule has 0 aliphatic carbocycles. The lowest BCUT2D eigenvalue weighted by Crippen LogP contribution is -2.43. The molecule has 0 radical (unpaired) electrons. The summed E-state index contributed by atoms with van der Waals surface area (Å²) in [4.78, 5) is 37.3. The lowest BCUT2D eigenvalue weighted by Gasteiger charge is -2.28. The molecule has 0 aliphatic rings. The van der Waals surface area contributed by atoms with E-state index in [4.69, 9.17) is 9.47 Å². The highest BCUT2D eigenvalue weighted by molar-refractivity contribution is 6.09. The van der Waals surface area contributed by atoms with Crippen LogP contribution in [-0.2, 0) is 14.2 Å². The Hall–Kier alpha value is -2.57. The van der Waals surface area contributed by atoms with Gasteiger partial charge >= 0.3 is 18.2 Å². The molecule has 25 heavy (non-hydrogen) atoms. The Bertz CT molecular complexity index is 609. The predicted octanol–water partition coefficient (Wildman–Crippen LogP) is 4.15. The molecule has 0 atom stereocenters. The summed E-state index contributed by atoms with van der Waals surface area (Å²) < 4.78 is 15.2. The topological polar surface area (TPSA) is 82.1 Å². The number of nitrogens with zero attached hydrogens (tertiary/aromatic N) is 1. The summed E-state index contributed by atoms with van der Waals surface area (Å²) in [7, 11) is 1.27. The molecule has 0 saturated heterocycles. The maximum atomic E-state index is 12.5. The molecule has 1 rings (SSSR count). The number of hydrogen-bond acceptors (Lipinski definition) is 6. The molecule has 7 nitrogen and oxygen atoms in total. The Morgan fingerprint density at radius 2 is 1.20 bits per heavy atom. The van der Waals surface area contributed by atoms with Crippen molar-refractivity contribution in [3.8, 4) is 0 Å². The van der Waals surface area contributed by atoms with Crippen LogP contribution >= 0.6 is 0 Å². The Morgan fingerprint density at radius 1 is 0.800 bits per heavy atom. The van der Waals surface area contributed by atoms with Crippen molar-refractivity contribution in [1.29, 1.82) is 0 Å². The van der Waals surface area contributed by atoms with Crippen LogP contribution < -0.4 is 4.90 Å². The molecule has 1 aromatic carbocycles. The smallest absolute Gasteiger partial charge is 0.424 e. The molecular weight excluding hydrogens is 326 g/mol. The summed E-state index contributed by atoms with van der Waals surface area (Å²) in [5.74, 6) is -0.521. The number of hydrogen-bond donors (Lipinski definition) is 0. The first-order valence-corrected chi connectivity index (χ1v) is 7.78. The van der Waals surface area contributed by atoms with E-state index < -0.39 is 29.4 Å². The summed E-state index contributed by atoms with van der Waals surface area (Å²) in [6.07, 6.45) is -1.74.